The first-order chi connectivity index (χ1) is 5.54. The van der Waals surface area contributed by atoms with Gasteiger partial charge in [-0.2, -0.15) is 0 Å². The molecule has 0 aliphatic rings. The molecule has 0 amide bonds. The van der Waals surface area contributed by atoms with Crippen LogP contribution in [0.1, 0.15) is 0 Å². The van der Waals surface area contributed by atoms with E-state index in [0.29, 0.717) is 0 Å². The van der Waals surface area contributed by atoms with Gasteiger partial charge in [-0.3, -0.25) is 0 Å². The topological polar surface area (TPSA) is 118 Å². The number of aliphatic hydroxyl groups is 5. The van der Waals surface area contributed by atoms with Crippen LogP contribution < -0.4 is 0 Å². The van der Waals surface area contributed by atoms with E-state index in [4.69, 9.17) is 25.5 Å². The quantitative estimate of drug-likeness (QED) is 0.137. The van der Waals surface area contributed by atoms with Crippen molar-refractivity contribution in [2.45, 2.75) is 24.4 Å². The third-order valence-corrected chi connectivity index (χ3v) is 1.38. The van der Waals surface area contributed by atoms with Crippen LogP contribution in [0.5, 0.6) is 0 Å². The molecule has 0 saturated heterocycles. The molecule has 91 valence electrons. The van der Waals surface area contributed by atoms with Gasteiger partial charge in [-0.15, -0.1) is 0 Å². The zero-order valence-corrected chi connectivity index (χ0v) is 9.97. The first-order valence-corrected chi connectivity index (χ1v) is 3.25. The summed E-state index contributed by atoms with van der Waals surface area (Å²) in [5.74, 6) is 0. The molecule has 0 spiro atoms. The van der Waals surface area contributed by atoms with Gasteiger partial charge in [0.25, 0.3) is 0 Å². The van der Waals surface area contributed by atoms with Gasteiger partial charge in [0, 0.05) is 22.4 Å². The number of hydrogen-bond acceptors (Lipinski definition) is 7. The molecular weight excluding hydrogens is 397 g/mol. The molecule has 4 atom stereocenters. The molecule has 1 radical (unpaired) electrons. The monoisotopic (exact) mass is 409 g/mol. The average molecular weight is 409 g/mol. The maximum Gasteiger partial charge on any atom is 0.108 e. The van der Waals surface area contributed by atoms with Crippen molar-refractivity contribution >= 4 is 19.8 Å². The van der Waals surface area contributed by atoms with Crippen molar-refractivity contribution in [2.24, 2.45) is 0 Å². The van der Waals surface area contributed by atoms with Crippen LogP contribution in [-0.2, 0) is 40.7 Å². The molecule has 0 aliphatic carbocycles. The Morgan fingerprint density at radius 1 is 1.07 bits per heavy atom. The molecule has 0 aromatic heterocycles. The van der Waals surface area contributed by atoms with E-state index in [9.17, 15) is 4.79 Å². The van der Waals surface area contributed by atoms with Gasteiger partial charge in [0.1, 0.15) is 12.2 Å². The zero-order valence-electron chi connectivity index (χ0n) is 6.91. The summed E-state index contributed by atoms with van der Waals surface area (Å²) in [4.78, 5) is 9.77. The fourth-order valence-corrected chi connectivity index (χ4v) is 0.592. The normalized spacial score (nSPS) is 18.1. The zero-order chi connectivity index (χ0) is 9.72. The second-order valence-electron chi connectivity index (χ2n) is 2.29. The van der Waals surface area contributed by atoms with E-state index in [2.05, 4.69) is 0 Å². The summed E-state index contributed by atoms with van der Waals surface area (Å²) >= 11 is 0. The Bertz CT molecular complexity index is 148. The van der Waals surface area contributed by atoms with Crippen molar-refractivity contribution in [3.8, 4) is 0 Å². The second-order valence-corrected chi connectivity index (χ2v) is 2.29. The van der Waals surface area contributed by atoms with Gasteiger partial charge in [-0.1, -0.05) is 0 Å². The third-order valence-electron chi connectivity index (χ3n) is 1.38. The van der Waals surface area contributed by atoms with E-state index in [-0.39, 0.29) is 35.9 Å². The molecule has 8 heteroatoms. The Balaban J connectivity index is -0.000000605. The number of thiol groups is 1. The minimum Gasteiger partial charge on any atom is -0.813 e. The van der Waals surface area contributed by atoms with E-state index in [1.54, 1.807) is 0 Å². The molecule has 0 aliphatic heterocycles. The van der Waals surface area contributed by atoms with Crippen LogP contribution >= 0.6 is 0 Å². The second kappa shape index (κ2) is 10.1. The Kier molecular flexibility index (Phi) is 14.4. The maximum absolute atomic E-state index is 9.77. The van der Waals surface area contributed by atoms with Crippen molar-refractivity contribution in [1.29, 1.82) is 0 Å². The minimum atomic E-state index is -1.89. The van der Waals surface area contributed by atoms with Crippen molar-refractivity contribution in [1.82, 2.24) is 0 Å². The summed E-state index contributed by atoms with van der Waals surface area (Å²) in [6, 6.07) is 0. The molecule has 0 aromatic carbocycles. The molecule has 6 nitrogen and oxygen atoms in total. The predicted molar refractivity (Wildman–Crippen MR) is 45.6 cm³/mol. The molecule has 0 saturated carbocycles. The molecule has 0 unspecified atom stereocenters. The number of rotatable bonds is 5. The van der Waals surface area contributed by atoms with Gasteiger partial charge in [0.05, 0.1) is 12.7 Å². The van der Waals surface area contributed by atoms with Gasteiger partial charge in [-0.25, -0.2) is 6.29 Å². The first kappa shape index (κ1) is 20.0. The van der Waals surface area contributed by atoms with Crippen LogP contribution in [-0.4, -0.2) is 62.8 Å². The average Bonchev–Trinajstić information content (AvgIpc) is 2.12. The van der Waals surface area contributed by atoms with Crippen molar-refractivity contribution < 1.29 is 52.7 Å². The van der Waals surface area contributed by atoms with Crippen LogP contribution in [0, 0.1) is 0 Å². The van der Waals surface area contributed by atoms with Crippen LogP contribution in [0.3, 0.4) is 0 Å². The SMILES string of the molecule is O=[C-][C@H](O)[C@@H](O)[C@H](O)[C@H](O)CO.[Au].[SH-]. The molecule has 0 bridgehead atoms. The van der Waals surface area contributed by atoms with Crippen LogP contribution in [0.2, 0.25) is 0 Å². The summed E-state index contributed by atoms with van der Waals surface area (Å²) in [6.45, 7) is -0.774. The van der Waals surface area contributed by atoms with Crippen LogP contribution in [0.25, 0.3) is 0 Å². The van der Waals surface area contributed by atoms with Crippen molar-refractivity contribution in [3.05, 3.63) is 0 Å². The summed E-state index contributed by atoms with van der Waals surface area (Å²) in [5.41, 5.74) is 0. The minimum absolute atomic E-state index is 0. The largest absolute Gasteiger partial charge is 0.813 e. The van der Waals surface area contributed by atoms with E-state index < -0.39 is 31.0 Å². The Morgan fingerprint density at radius 2 is 1.50 bits per heavy atom. The third kappa shape index (κ3) is 6.12. The Labute approximate surface area is 104 Å². The van der Waals surface area contributed by atoms with E-state index in [0.717, 1.165) is 6.29 Å². The number of aliphatic hydroxyl groups excluding tert-OH is 5. The molecular formula is C6H12AuO6S-2. The summed E-state index contributed by atoms with van der Waals surface area (Å²) < 4.78 is 0. The molecule has 5 N–H and O–H groups in total. The van der Waals surface area contributed by atoms with Gasteiger partial charge in [0.2, 0.25) is 0 Å². The van der Waals surface area contributed by atoms with E-state index >= 15 is 0 Å². The smallest absolute Gasteiger partial charge is 0.108 e. The fraction of sp³-hybridized carbons (Fsp3) is 0.833. The van der Waals surface area contributed by atoms with Crippen LogP contribution in [0.4, 0.5) is 0 Å². The van der Waals surface area contributed by atoms with E-state index in [1.165, 1.54) is 0 Å². The molecule has 0 aromatic rings. The Hall–Kier alpha value is 0.560. The number of hydrogen-bond donors (Lipinski definition) is 5. The van der Waals surface area contributed by atoms with Gasteiger partial charge in [-0.05, 0) is 6.10 Å². The van der Waals surface area contributed by atoms with Crippen LogP contribution in [0.15, 0.2) is 0 Å². The van der Waals surface area contributed by atoms with Gasteiger partial charge in [0.15, 0.2) is 0 Å². The first-order valence-electron chi connectivity index (χ1n) is 3.25. The molecule has 0 heterocycles. The van der Waals surface area contributed by atoms with Crippen molar-refractivity contribution in [2.75, 3.05) is 6.61 Å². The fourth-order valence-electron chi connectivity index (χ4n) is 0.592. The van der Waals surface area contributed by atoms with Crippen molar-refractivity contribution in [3.63, 3.8) is 0 Å². The molecule has 0 rings (SSSR count). The van der Waals surface area contributed by atoms with Gasteiger partial charge >= 0.3 is 0 Å². The molecule has 0 fully saturated rings. The summed E-state index contributed by atoms with van der Waals surface area (Å²) in [5, 5.41) is 43.4. The summed E-state index contributed by atoms with van der Waals surface area (Å²) in [6.07, 6.45) is -6.07. The van der Waals surface area contributed by atoms with Gasteiger partial charge < -0.3 is 43.8 Å². The maximum atomic E-state index is 9.77. The molecule has 14 heavy (non-hydrogen) atoms. The Morgan fingerprint density at radius 3 is 1.79 bits per heavy atom. The predicted octanol–water partition coefficient (Wildman–Crippen LogP) is -3.74. The standard InChI is InChI=1S/C6H11O6.Au.H2S/c7-1-3(9)5(11)6(12)4(10)2-8;;/h3-7,9-12H,1H2;;1H2/q-1;;/p-1/t3-,4+,5-,6-;;/m1../s1. The number of carbonyl (C=O) groups excluding carboxylic acids is 1. The summed E-state index contributed by atoms with van der Waals surface area (Å²) in [7, 11) is 0. The van der Waals surface area contributed by atoms with E-state index in [1.807, 2.05) is 0 Å².